The molecule has 0 radical (unpaired) electrons. The van der Waals surface area contributed by atoms with Gasteiger partial charge in [0.15, 0.2) is 0 Å². The number of aliphatic carboxylic acids is 1. The van der Waals surface area contributed by atoms with Gasteiger partial charge in [-0.15, -0.1) is 0 Å². The quantitative estimate of drug-likeness (QED) is 0.801. The van der Waals surface area contributed by atoms with Crippen LogP contribution >= 0.6 is 0 Å². The van der Waals surface area contributed by atoms with Crippen LogP contribution in [0.2, 0.25) is 0 Å². The lowest BCUT2D eigenvalue weighted by Gasteiger charge is -2.10. The third-order valence-electron chi connectivity index (χ3n) is 2.98. The van der Waals surface area contributed by atoms with E-state index in [1.165, 1.54) is 5.56 Å². The van der Waals surface area contributed by atoms with Gasteiger partial charge in [-0.05, 0) is 12.0 Å². The average molecular weight is 235 g/mol. The van der Waals surface area contributed by atoms with Gasteiger partial charge in [-0.3, -0.25) is 4.79 Å². The molecule has 2 atom stereocenters. The van der Waals surface area contributed by atoms with Crippen molar-refractivity contribution in [3.8, 4) is 0 Å². The molecule has 1 saturated heterocycles. The van der Waals surface area contributed by atoms with Crippen LogP contribution in [0.4, 0.5) is 0 Å². The minimum absolute atomic E-state index is 0.0276. The van der Waals surface area contributed by atoms with Crippen molar-refractivity contribution < 1.29 is 14.6 Å². The highest BCUT2D eigenvalue weighted by Gasteiger charge is 2.29. The Morgan fingerprint density at radius 2 is 2.18 bits per heavy atom. The zero-order valence-electron chi connectivity index (χ0n) is 9.63. The zero-order valence-corrected chi connectivity index (χ0v) is 9.63. The van der Waals surface area contributed by atoms with Gasteiger partial charge in [0.05, 0.1) is 12.7 Å². The Balaban J connectivity index is 1.68. The smallest absolute Gasteiger partial charge is 0.320 e. The molecule has 0 bridgehead atoms. The highest BCUT2D eigenvalue weighted by Crippen LogP contribution is 2.11. The number of hydrogen-bond donors (Lipinski definition) is 2. The van der Waals surface area contributed by atoms with Crippen molar-refractivity contribution in [2.24, 2.45) is 0 Å². The van der Waals surface area contributed by atoms with Crippen LogP contribution in [0.5, 0.6) is 0 Å². The molecule has 0 unspecified atom stereocenters. The lowest BCUT2D eigenvalue weighted by molar-refractivity contribution is -0.139. The number of carbonyl (C=O) groups is 1. The average Bonchev–Trinajstić information content (AvgIpc) is 2.79. The second-order valence-electron chi connectivity index (χ2n) is 4.26. The number of benzene rings is 1. The van der Waals surface area contributed by atoms with Crippen molar-refractivity contribution in [3.05, 3.63) is 35.9 Å². The lowest BCUT2D eigenvalue weighted by atomic mass is 10.1. The van der Waals surface area contributed by atoms with Crippen LogP contribution < -0.4 is 5.32 Å². The Bertz CT molecular complexity index is 366. The number of ether oxygens (including phenoxy) is 1. The maximum absolute atomic E-state index is 10.7. The van der Waals surface area contributed by atoms with Gasteiger partial charge < -0.3 is 15.2 Å². The van der Waals surface area contributed by atoms with E-state index in [-0.39, 0.29) is 6.10 Å². The van der Waals surface area contributed by atoms with E-state index in [1.54, 1.807) is 0 Å². The molecule has 1 aliphatic heterocycles. The van der Waals surface area contributed by atoms with Crippen LogP contribution in [-0.2, 0) is 16.0 Å². The summed E-state index contributed by atoms with van der Waals surface area (Å²) in [5.41, 5.74) is 1.24. The fourth-order valence-corrected chi connectivity index (χ4v) is 2.01. The van der Waals surface area contributed by atoms with Crippen molar-refractivity contribution in [2.45, 2.75) is 25.0 Å². The van der Waals surface area contributed by atoms with E-state index < -0.39 is 12.0 Å². The summed E-state index contributed by atoms with van der Waals surface area (Å²) in [6, 6.07) is 9.69. The van der Waals surface area contributed by atoms with Gasteiger partial charge in [0.25, 0.3) is 0 Å². The van der Waals surface area contributed by atoms with Crippen LogP contribution in [0.3, 0.4) is 0 Å². The largest absolute Gasteiger partial charge is 0.480 e. The van der Waals surface area contributed by atoms with E-state index in [0.717, 1.165) is 6.42 Å². The van der Waals surface area contributed by atoms with E-state index >= 15 is 0 Å². The third kappa shape index (κ3) is 3.54. The van der Waals surface area contributed by atoms with E-state index in [4.69, 9.17) is 9.84 Å². The summed E-state index contributed by atoms with van der Waals surface area (Å²) in [6.07, 6.45) is 1.46. The first-order chi connectivity index (χ1) is 8.25. The summed E-state index contributed by atoms with van der Waals surface area (Å²) >= 11 is 0. The van der Waals surface area contributed by atoms with Crippen LogP contribution in [0, 0.1) is 0 Å². The van der Waals surface area contributed by atoms with E-state index in [2.05, 4.69) is 17.4 Å². The van der Waals surface area contributed by atoms with Crippen molar-refractivity contribution in [3.63, 3.8) is 0 Å². The van der Waals surface area contributed by atoms with E-state index in [1.807, 2.05) is 18.2 Å². The Morgan fingerprint density at radius 3 is 2.82 bits per heavy atom. The van der Waals surface area contributed by atoms with Gasteiger partial charge in [-0.25, -0.2) is 0 Å². The number of nitrogens with one attached hydrogen (secondary N) is 1. The fraction of sp³-hybridized carbons (Fsp3) is 0.462. The molecule has 92 valence electrons. The van der Waals surface area contributed by atoms with Crippen LogP contribution in [-0.4, -0.2) is 36.4 Å². The first kappa shape index (κ1) is 12.1. The topological polar surface area (TPSA) is 58.6 Å². The van der Waals surface area contributed by atoms with E-state index in [0.29, 0.717) is 19.6 Å². The zero-order chi connectivity index (χ0) is 12.1. The normalized spacial score (nSPS) is 23.8. The predicted octanol–water partition coefficient (Wildman–Crippen LogP) is 1.06. The molecule has 0 amide bonds. The molecule has 4 heteroatoms. The summed E-state index contributed by atoms with van der Waals surface area (Å²) in [4.78, 5) is 10.7. The Morgan fingerprint density at radius 1 is 1.41 bits per heavy atom. The molecule has 1 heterocycles. The Kier molecular flexibility index (Phi) is 4.12. The maximum Gasteiger partial charge on any atom is 0.320 e. The molecule has 4 nitrogen and oxygen atoms in total. The van der Waals surface area contributed by atoms with Gasteiger partial charge in [0.2, 0.25) is 0 Å². The Labute approximate surface area is 101 Å². The van der Waals surface area contributed by atoms with Crippen LogP contribution in [0.15, 0.2) is 30.3 Å². The van der Waals surface area contributed by atoms with Gasteiger partial charge in [0.1, 0.15) is 6.04 Å². The third-order valence-corrected chi connectivity index (χ3v) is 2.98. The highest BCUT2D eigenvalue weighted by atomic mass is 16.5. The number of hydrogen-bond acceptors (Lipinski definition) is 3. The molecule has 2 rings (SSSR count). The molecule has 1 aliphatic rings. The van der Waals surface area contributed by atoms with Crippen molar-refractivity contribution in [2.75, 3.05) is 13.2 Å². The van der Waals surface area contributed by atoms with Crippen LogP contribution in [0.25, 0.3) is 0 Å². The summed E-state index contributed by atoms with van der Waals surface area (Å²) in [5, 5.41) is 11.7. The molecule has 1 aromatic carbocycles. The molecule has 1 aromatic rings. The number of rotatable bonds is 5. The van der Waals surface area contributed by atoms with Crippen LogP contribution in [0.1, 0.15) is 12.0 Å². The summed E-state index contributed by atoms with van der Waals surface area (Å²) in [7, 11) is 0. The minimum Gasteiger partial charge on any atom is -0.480 e. The molecular formula is C13H17NO3. The second-order valence-corrected chi connectivity index (χ2v) is 4.26. The monoisotopic (exact) mass is 235 g/mol. The molecule has 2 N–H and O–H groups in total. The summed E-state index contributed by atoms with van der Waals surface area (Å²) in [6.45, 7) is 1.27. The molecule has 0 spiro atoms. The molecule has 0 aliphatic carbocycles. The van der Waals surface area contributed by atoms with Crippen molar-refractivity contribution in [1.29, 1.82) is 0 Å². The Hall–Kier alpha value is -1.39. The fourth-order valence-electron chi connectivity index (χ4n) is 2.01. The van der Waals surface area contributed by atoms with Gasteiger partial charge in [0, 0.05) is 13.0 Å². The summed E-state index contributed by atoms with van der Waals surface area (Å²) < 4.78 is 5.66. The predicted molar refractivity (Wildman–Crippen MR) is 63.9 cm³/mol. The highest BCUT2D eigenvalue weighted by molar-refractivity contribution is 5.73. The summed E-state index contributed by atoms with van der Waals surface area (Å²) in [5.74, 6) is -0.792. The van der Waals surface area contributed by atoms with Gasteiger partial charge >= 0.3 is 5.97 Å². The van der Waals surface area contributed by atoms with E-state index in [9.17, 15) is 4.79 Å². The first-order valence-electron chi connectivity index (χ1n) is 5.87. The minimum atomic E-state index is -0.792. The van der Waals surface area contributed by atoms with Gasteiger partial charge in [-0.1, -0.05) is 30.3 Å². The molecular weight excluding hydrogens is 218 g/mol. The van der Waals surface area contributed by atoms with Gasteiger partial charge in [-0.2, -0.15) is 0 Å². The maximum atomic E-state index is 10.7. The number of carboxylic acid groups (broad SMARTS) is 1. The molecule has 0 aromatic heterocycles. The molecule has 0 saturated carbocycles. The number of carboxylic acids is 1. The lowest BCUT2D eigenvalue weighted by Crippen LogP contribution is -2.29. The standard InChI is InChI=1S/C13H17NO3/c15-13(16)12-8-11(9-14-12)17-7-6-10-4-2-1-3-5-10/h1-5,11-12,14H,6-9H2,(H,15,16)/t11-,12+/m1/s1. The first-order valence-corrected chi connectivity index (χ1v) is 5.87. The van der Waals surface area contributed by atoms with Crippen molar-refractivity contribution in [1.82, 2.24) is 5.32 Å². The second kappa shape index (κ2) is 5.80. The SMILES string of the molecule is O=C(O)[C@@H]1C[C@@H](OCCc2ccccc2)CN1. The molecule has 1 fully saturated rings. The molecule has 17 heavy (non-hydrogen) atoms. The van der Waals surface area contributed by atoms with Crippen molar-refractivity contribution >= 4 is 5.97 Å².